The Morgan fingerprint density at radius 1 is 1.36 bits per heavy atom. The molecule has 0 aromatic heterocycles. The second kappa shape index (κ2) is 2.95. The molecule has 5 heteroatoms. The van der Waals surface area contributed by atoms with Gasteiger partial charge in [-0.1, -0.05) is 13.8 Å². The highest BCUT2D eigenvalue weighted by Crippen LogP contribution is 2.18. The number of nitrogens with one attached hydrogen (secondary N) is 3. The Hall–Kier alpha value is -1.10. The lowest BCUT2D eigenvalue weighted by molar-refractivity contribution is -0.144. The molecule has 2 fully saturated rings. The van der Waals surface area contributed by atoms with E-state index < -0.39 is 5.54 Å². The van der Waals surface area contributed by atoms with Crippen LogP contribution in [0.1, 0.15) is 13.8 Å². The Morgan fingerprint density at radius 3 is 2.43 bits per heavy atom. The third-order valence-electron chi connectivity index (χ3n) is 2.89. The van der Waals surface area contributed by atoms with Crippen LogP contribution < -0.4 is 16.0 Å². The van der Waals surface area contributed by atoms with Crippen LogP contribution in [0.2, 0.25) is 0 Å². The van der Waals surface area contributed by atoms with Crippen molar-refractivity contribution in [2.24, 2.45) is 5.92 Å². The number of hydrogen-bond acceptors (Lipinski definition) is 3. The number of amides is 2. The van der Waals surface area contributed by atoms with Crippen LogP contribution in [0.4, 0.5) is 0 Å². The van der Waals surface area contributed by atoms with E-state index in [9.17, 15) is 9.59 Å². The van der Waals surface area contributed by atoms with Gasteiger partial charge in [-0.05, 0) is 5.92 Å². The van der Waals surface area contributed by atoms with Crippen molar-refractivity contribution in [1.82, 2.24) is 16.0 Å². The summed E-state index contributed by atoms with van der Waals surface area (Å²) in [7, 11) is 0. The van der Waals surface area contributed by atoms with E-state index in [2.05, 4.69) is 16.0 Å². The fourth-order valence-corrected chi connectivity index (χ4v) is 1.81. The van der Waals surface area contributed by atoms with Crippen LogP contribution in [0, 0.1) is 5.92 Å². The lowest BCUT2D eigenvalue weighted by atomic mass is 9.86. The molecule has 3 N–H and O–H groups in total. The van der Waals surface area contributed by atoms with Crippen LogP contribution in [0.15, 0.2) is 0 Å². The first-order valence-corrected chi connectivity index (χ1v) is 4.89. The number of carbonyl (C=O) groups excluding carboxylic acids is 2. The Bertz CT molecular complexity index is 284. The first kappa shape index (κ1) is 9.45. The number of carbonyl (C=O) groups is 2. The Labute approximate surface area is 82.6 Å². The second-order valence-corrected chi connectivity index (χ2v) is 4.37. The van der Waals surface area contributed by atoms with Crippen LogP contribution in [0.3, 0.4) is 0 Å². The summed E-state index contributed by atoms with van der Waals surface area (Å²) in [6.07, 6.45) is 0. The summed E-state index contributed by atoms with van der Waals surface area (Å²) in [5.74, 6) is -0.0000132. The number of rotatable bonds is 1. The molecule has 0 radical (unpaired) electrons. The lowest BCUT2D eigenvalue weighted by Crippen LogP contribution is -2.81. The highest BCUT2D eigenvalue weighted by atomic mass is 16.2. The largest absolute Gasteiger partial charge is 0.342 e. The molecule has 5 nitrogen and oxygen atoms in total. The minimum Gasteiger partial charge on any atom is -0.342 e. The van der Waals surface area contributed by atoms with Gasteiger partial charge in [-0.25, -0.2) is 0 Å². The summed E-state index contributed by atoms with van der Waals surface area (Å²) in [4.78, 5) is 23.3. The van der Waals surface area contributed by atoms with E-state index in [1.54, 1.807) is 0 Å². The fourth-order valence-electron chi connectivity index (χ4n) is 1.81. The zero-order valence-electron chi connectivity index (χ0n) is 8.39. The van der Waals surface area contributed by atoms with Crippen LogP contribution >= 0.6 is 0 Å². The van der Waals surface area contributed by atoms with Crippen molar-refractivity contribution in [2.75, 3.05) is 13.1 Å². The lowest BCUT2D eigenvalue weighted by Gasteiger charge is -2.46. The molecule has 78 valence electrons. The highest BCUT2D eigenvalue weighted by molar-refractivity contribution is 6.01. The molecule has 2 aliphatic heterocycles. The highest BCUT2D eigenvalue weighted by Gasteiger charge is 2.51. The van der Waals surface area contributed by atoms with Gasteiger partial charge >= 0.3 is 0 Å². The summed E-state index contributed by atoms with van der Waals surface area (Å²) in [5, 5.41) is 8.56. The predicted molar refractivity (Wildman–Crippen MR) is 50.5 cm³/mol. The smallest absolute Gasteiger partial charge is 0.249 e. The van der Waals surface area contributed by atoms with Crippen LogP contribution in [-0.4, -0.2) is 36.5 Å². The van der Waals surface area contributed by atoms with Gasteiger partial charge in [0.2, 0.25) is 11.8 Å². The summed E-state index contributed by atoms with van der Waals surface area (Å²) in [6.45, 7) is 4.91. The van der Waals surface area contributed by atoms with E-state index in [1.165, 1.54) is 0 Å². The Balaban J connectivity index is 2.13. The van der Waals surface area contributed by atoms with Crippen molar-refractivity contribution in [3.8, 4) is 0 Å². The van der Waals surface area contributed by atoms with Gasteiger partial charge in [-0.3, -0.25) is 9.59 Å². The van der Waals surface area contributed by atoms with Gasteiger partial charge in [0, 0.05) is 13.1 Å². The van der Waals surface area contributed by atoms with Gasteiger partial charge in [-0.2, -0.15) is 0 Å². The normalized spacial score (nSPS) is 29.8. The molecule has 1 atom stereocenters. The third kappa shape index (κ3) is 1.19. The molecule has 2 saturated heterocycles. The zero-order chi connectivity index (χ0) is 10.3. The molecule has 1 spiro atoms. The molecule has 0 aliphatic carbocycles. The van der Waals surface area contributed by atoms with E-state index in [1.807, 2.05) is 13.8 Å². The maximum atomic E-state index is 11.7. The molecule has 2 heterocycles. The van der Waals surface area contributed by atoms with Crippen LogP contribution in [-0.2, 0) is 9.59 Å². The fraction of sp³-hybridized carbons (Fsp3) is 0.778. The van der Waals surface area contributed by atoms with Crippen LogP contribution in [0.5, 0.6) is 0 Å². The van der Waals surface area contributed by atoms with Gasteiger partial charge in [0.15, 0.2) is 0 Å². The molecule has 2 rings (SSSR count). The monoisotopic (exact) mass is 197 g/mol. The molecule has 0 aromatic carbocycles. The molecule has 0 bridgehead atoms. The molecule has 2 amide bonds. The van der Waals surface area contributed by atoms with E-state index in [-0.39, 0.29) is 23.8 Å². The summed E-state index contributed by atoms with van der Waals surface area (Å²) < 4.78 is 0. The van der Waals surface area contributed by atoms with Gasteiger partial charge in [0.1, 0.15) is 11.6 Å². The molecule has 2 aliphatic rings. The quantitative estimate of drug-likeness (QED) is 0.484. The number of hydrogen-bond donors (Lipinski definition) is 3. The summed E-state index contributed by atoms with van der Waals surface area (Å²) >= 11 is 0. The SMILES string of the molecule is CC(C)[C@@H]1NC(=O)C2(CNC2)NC1=O. The molecular formula is C9H15N3O2. The average Bonchev–Trinajstić information content (AvgIpc) is 2.05. The van der Waals surface area contributed by atoms with Crippen molar-refractivity contribution < 1.29 is 9.59 Å². The van der Waals surface area contributed by atoms with Crippen LogP contribution in [0.25, 0.3) is 0 Å². The van der Waals surface area contributed by atoms with Gasteiger partial charge < -0.3 is 16.0 Å². The molecular weight excluding hydrogens is 182 g/mol. The Kier molecular flexibility index (Phi) is 1.99. The second-order valence-electron chi connectivity index (χ2n) is 4.37. The summed E-state index contributed by atoms with van der Waals surface area (Å²) in [6, 6.07) is -0.381. The summed E-state index contributed by atoms with van der Waals surface area (Å²) in [5.41, 5.74) is -0.664. The van der Waals surface area contributed by atoms with Gasteiger partial charge in [-0.15, -0.1) is 0 Å². The van der Waals surface area contributed by atoms with E-state index >= 15 is 0 Å². The van der Waals surface area contributed by atoms with Crippen molar-refractivity contribution in [2.45, 2.75) is 25.4 Å². The molecule has 0 aromatic rings. The first-order valence-electron chi connectivity index (χ1n) is 4.89. The Morgan fingerprint density at radius 2 is 2.00 bits per heavy atom. The van der Waals surface area contributed by atoms with Crippen molar-refractivity contribution >= 4 is 11.8 Å². The standard InChI is InChI=1S/C9H15N3O2/c1-5(2)6-7(13)12-9(3-10-4-9)8(14)11-6/h5-6,10H,3-4H2,1-2H3,(H,11,14)(H,12,13)/t6-/m0/s1. The van der Waals surface area contributed by atoms with E-state index in [0.29, 0.717) is 13.1 Å². The van der Waals surface area contributed by atoms with Crippen molar-refractivity contribution in [3.63, 3.8) is 0 Å². The minimum atomic E-state index is -0.664. The van der Waals surface area contributed by atoms with E-state index in [4.69, 9.17) is 0 Å². The topological polar surface area (TPSA) is 70.2 Å². The molecule has 0 saturated carbocycles. The first-order chi connectivity index (χ1) is 6.55. The average molecular weight is 197 g/mol. The maximum Gasteiger partial charge on any atom is 0.249 e. The molecule has 0 unspecified atom stereocenters. The van der Waals surface area contributed by atoms with Crippen molar-refractivity contribution in [3.05, 3.63) is 0 Å². The number of piperazine rings is 1. The minimum absolute atomic E-state index is 0.0606. The predicted octanol–water partition coefficient (Wildman–Crippen LogP) is -1.40. The molecule has 14 heavy (non-hydrogen) atoms. The van der Waals surface area contributed by atoms with Gasteiger partial charge in [0.05, 0.1) is 0 Å². The third-order valence-corrected chi connectivity index (χ3v) is 2.89. The van der Waals surface area contributed by atoms with Gasteiger partial charge in [0.25, 0.3) is 0 Å². The maximum absolute atomic E-state index is 11.7. The van der Waals surface area contributed by atoms with Crippen molar-refractivity contribution in [1.29, 1.82) is 0 Å². The van der Waals surface area contributed by atoms with E-state index in [0.717, 1.165) is 0 Å². The zero-order valence-corrected chi connectivity index (χ0v) is 8.39.